The third-order valence-corrected chi connectivity index (χ3v) is 2.81. The molecule has 1 atom stereocenters. The van der Waals surface area contributed by atoms with Gasteiger partial charge in [0.25, 0.3) is 0 Å². The maximum atomic E-state index is 11.6. The first-order chi connectivity index (χ1) is 9.11. The molecule has 0 fully saturated rings. The molecule has 19 heavy (non-hydrogen) atoms. The van der Waals surface area contributed by atoms with Crippen molar-refractivity contribution < 1.29 is 9.53 Å². The first kappa shape index (κ1) is 12.9. The SMILES string of the molecule is COc1cccc(NC(C(N)=O)c2cncn2C)c1. The number of ether oxygens (including phenoxy) is 1. The van der Waals surface area contributed by atoms with Gasteiger partial charge in [-0.15, -0.1) is 0 Å². The van der Waals surface area contributed by atoms with Crippen LogP contribution in [0, 0.1) is 0 Å². The molecule has 0 bridgehead atoms. The van der Waals surface area contributed by atoms with Crippen molar-refractivity contribution in [2.45, 2.75) is 6.04 Å². The summed E-state index contributed by atoms with van der Waals surface area (Å²) in [5.41, 5.74) is 6.90. The van der Waals surface area contributed by atoms with Gasteiger partial charge in [0.2, 0.25) is 5.91 Å². The average molecular weight is 260 g/mol. The third kappa shape index (κ3) is 2.85. The Morgan fingerprint density at radius 1 is 1.53 bits per heavy atom. The number of hydrogen-bond donors (Lipinski definition) is 2. The third-order valence-electron chi connectivity index (χ3n) is 2.81. The molecule has 0 saturated carbocycles. The standard InChI is InChI=1S/C13H16N4O2/c1-17-8-15-7-11(17)12(13(14)18)16-9-4-3-5-10(6-9)19-2/h3-8,12,16H,1-2H3,(H2,14,18). The van der Waals surface area contributed by atoms with Crippen LogP contribution in [-0.4, -0.2) is 22.6 Å². The van der Waals surface area contributed by atoms with Gasteiger partial charge in [-0.25, -0.2) is 4.98 Å². The average Bonchev–Trinajstić information content (AvgIpc) is 2.82. The molecule has 0 radical (unpaired) electrons. The van der Waals surface area contributed by atoms with Crippen molar-refractivity contribution in [1.82, 2.24) is 9.55 Å². The maximum Gasteiger partial charge on any atom is 0.246 e. The normalized spacial score (nSPS) is 11.9. The molecule has 1 aromatic carbocycles. The minimum Gasteiger partial charge on any atom is -0.497 e. The molecule has 2 aromatic rings. The zero-order chi connectivity index (χ0) is 13.8. The second-order valence-corrected chi connectivity index (χ2v) is 4.14. The maximum absolute atomic E-state index is 11.6. The fourth-order valence-corrected chi connectivity index (χ4v) is 1.82. The largest absolute Gasteiger partial charge is 0.497 e. The van der Waals surface area contributed by atoms with Gasteiger partial charge in [-0.3, -0.25) is 4.79 Å². The Hall–Kier alpha value is -2.50. The van der Waals surface area contributed by atoms with E-state index in [1.807, 2.05) is 25.2 Å². The molecule has 1 amide bonds. The minimum atomic E-state index is -0.639. The lowest BCUT2D eigenvalue weighted by atomic mass is 10.2. The molecule has 1 heterocycles. The number of primary amides is 1. The predicted octanol–water partition coefficient (Wildman–Crippen LogP) is 1.07. The van der Waals surface area contributed by atoms with Crippen LogP contribution in [0.3, 0.4) is 0 Å². The highest BCUT2D eigenvalue weighted by Gasteiger charge is 2.20. The number of anilines is 1. The molecule has 0 aliphatic carbocycles. The number of hydrogen-bond acceptors (Lipinski definition) is 4. The first-order valence-electron chi connectivity index (χ1n) is 5.78. The number of nitrogens with one attached hydrogen (secondary N) is 1. The summed E-state index contributed by atoms with van der Waals surface area (Å²) in [5, 5.41) is 3.08. The zero-order valence-electron chi connectivity index (χ0n) is 10.8. The fourth-order valence-electron chi connectivity index (χ4n) is 1.82. The van der Waals surface area contributed by atoms with Crippen molar-refractivity contribution in [2.24, 2.45) is 12.8 Å². The van der Waals surface area contributed by atoms with Gasteiger partial charge in [0, 0.05) is 18.8 Å². The van der Waals surface area contributed by atoms with Gasteiger partial charge in [-0.1, -0.05) is 6.07 Å². The Bertz CT molecular complexity index is 580. The molecule has 3 N–H and O–H groups in total. The minimum absolute atomic E-state index is 0.466. The predicted molar refractivity (Wildman–Crippen MR) is 71.8 cm³/mol. The van der Waals surface area contributed by atoms with Crippen LogP contribution in [0.15, 0.2) is 36.8 Å². The number of aryl methyl sites for hydroxylation is 1. The summed E-state index contributed by atoms with van der Waals surface area (Å²) in [6, 6.07) is 6.66. The van der Waals surface area contributed by atoms with E-state index in [0.29, 0.717) is 11.4 Å². The Labute approximate surface area is 111 Å². The first-order valence-corrected chi connectivity index (χ1v) is 5.78. The molecule has 0 saturated heterocycles. The van der Waals surface area contributed by atoms with Crippen LogP contribution >= 0.6 is 0 Å². The summed E-state index contributed by atoms with van der Waals surface area (Å²) in [7, 11) is 3.40. The van der Waals surface area contributed by atoms with E-state index < -0.39 is 11.9 Å². The molecular weight excluding hydrogens is 244 g/mol. The van der Waals surface area contributed by atoms with Crippen LogP contribution in [0.2, 0.25) is 0 Å². The number of amides is 1. The number of rotatable bonds is 5. The van der Waals surface area contributed by atoms with Gasteiger partial charge in [-0.2, -0.15) is 0 Å². The van der Waals surface area contributed by atoms with Gasteiger partial charge >= 0.3 is 0 Å². The number of benzene rings is 1. The summed E-state index contributed by atoms with van der Waals surface area (Å²) in [4.78, 5) is 15.6. The van der Waals surface area contributed by atoms with Crippen LogP contribution in [0.5, 0.6) is 5.75 Å². The van der Waals surface area contributed by atoms with E-state index >= 15 is 0 Å². The van der Waals surface area contributed by atoms with Gasteiger partial charge in [0.05, 0.1) is 25.3 Å². The lowest BCUT2D eigenvalue weighted by Crippen LogP contribution is -2.29. The van der Waals surface area contributed by atoms with E-state index in [9.17, 15) is 4.79 Å². The fraction of sp³-hybridized carbons (Fsp3) is 0.231. The highest BCUT2D eigenvalue weighted by molar-refractivity contribution is 5.84. The van der Waals surface area contributed by atoms with Crippen LogP contribution in [-0.2, 0) is 11.8 Å². The van der Waals surface area contributed by atoms with Crippen molar-refractivity contribution in [3.63, 3.8) is 0 Å². The number of carbonyl (C=O) groups is 1. The second kappa shape index (κ2) is 5.43. The van der Waals surface area contributed by atoms with Crippen LogP contribution < -0.4 is 15.8 Å². The van der Waals surface area contributed by atoms with Crippen molar-refractivity contribution in [1.29, 1.82) is 0 Å². The Kier molecular flexibility index (Phi) is 3.70. The lowest BCUT2D eigenvalue weighted by Gasteiger charge is -2.17. The number of aromatic nitrogens is 2. The van der Waals surface area contributed by atoms with Crippen molar-refractivity contribution in [3.8, 4) is 5.75 Å². The van der Waals surface area contributed by atoms with Crippen molar-refractivity contribution in [3.05, 3.63) is 42.5 Å². The molecular formula is C13H16N4O2. The zero-order valence-corrected chi connectivity index (χ0v) is 10.8. The Morgan fingerprint density at radius 2 is 2.32 bits per heavy atom. The number of imidazole rings is 1. The van der Waals surface area contributed by atoms with Gasteiger partial charge in [0.1, 0.15) is 11.8 Å². The smallest absolute Gasteiger partial charge is 0.246 e. The highest BCUT2D eigenvalue weighted by atomic mass is 16.5. The monoisotopic (exact) mass is 260 g/mol. The van der Waals surface area contributed by atoms with Crippen molar-refractivity contribution >= 4 is 11.6 Å². The number of carbonyl (C=O) groups excluding carboxylic acids is 1. The van der Waals surface area contributed by atoms with E-state index in [1.165, 1.54) is 0 Å². The number of nitrogens with two attached hydrogens (primary N) is 1. The van der Waals surface area contributed by atoms with E-state index in [4.69, 9.17) is 10.5 Å². The van der Waals surface area contributed by atoms with E-state index in [2.05, 4.69) is 10.3 Å². The van der Waals surface area contributed by atoms with Crippen molar-refractivity contribution in [2.75, 3.05) is 12.4 Å². The molecule has 1 aromatic heterocycles. The lowest BCUT2D eigenvalue weighted by molar-refractivity contribution is -0.118. The summed E-state index contributed by atoms with van der Waals surface area (Å²) < 4.78 is 6.89. The summed E-state index contributed by atoms with van der Waals surface area (Å²) in [6.07, 6.45) is 3.24. The molecule has 0 aliphatic rings. The topological polar surface area (TPSA) is 82.2 Å². The van der Waals surface area contributed by atoms with Crippen LogP contribution in [0.4, 0.5) is 5.69 Å². The van der Waals surface area contributed by atoms with Crippen LogP contribution in [0.25, 0.3) is 0 Å². The number of nitrogens with zero attached hydrogens (tertiary/aromatic N) is 2. The van der Waals surface area contributed by atoms with Gasteiger partial charge in [-0.05, 0) is 12.1 Å². The van der Waals surface area contributed by atoms with E-state index in [1.54, 1.807) is 30.3 Å². The summed E-state index contributed by atoms with van der Waals surface area (Å²) in [6.45, 7) is 0. The van der Waals surface area contributed by atoms with E-state index in [0.717, 1.165) is 5.69 Å². The molecule has 6 heteroatoms. The van der Waals surface area contributed by atoms with Crippen LogP contribution in [0.1, 0.15) is 11.7 Å². The molecule has 0 aliphatic heterocycles. The molecule has 0 spiro atoms. The van der Waals surface area contributed by atoms with Gasteiger partial charge in [0.15, 0.2) is 0 Å². The van der Waals surface area contributed by atoms with Gasteiger partial charge < -0.3 is 20.4 Å². The summed E-state index contributed by atoms with van der Waals surface area (Å²) in [5.74, 6) is 0.240. The quantitative estimate of drug-likeness (QED) is 0.842. The molecule has 6 nitrogen and oxygen atoms in total. The van der Waals surface area contributed by atoms with E-state index in [-0.39, 0.29) is 0 Å². The summed E-state index contributed by atoms with van der Waals surface area (Å²) >= 11 is 0. The molecule has 100 valence electrons. The number of methoxy groups -OCH3 is 1. The molecule has 1 unspecified atom stereocenters. The molecule has 2 rings (SSSR count). The highest BCUT2D eigenvalue weighted by Crippen LogP contribution is 2.22. The Balaban J connectivity index is 2.27. The second-order valence-electron chi connectivity index (χ2n) is 4.14. The Morgan fingerprint density at radius 3 is 2.89 bits per heavy atom.